The summed E-state index contributed by atoms with van der Waals surface area (Å²) in [5, 5.41) is 23.5. The van der Waals surface area contributed by atoms with Gasteiger partial charge in [0.05, 0.1) is 33.9 Å². The summed E-state index contributed by atoms with van der Waals surface area (Å²) in [5.41, 5.74) is 3.89. The van der Waals surface area contributed by atoms with E-state index in [-0.39, 0.29) is 0 Å². The molecular formula is C24H13N3. The fraction of sp³-hybridized carbons (Fsp3) is 0. The topological polar surface area (TPSA) is 52.5 Å². The van der Waals surface area contributed by atoms with Crippen LogP contribution >= 0.6 is 0 Å². The molecular weight excluding hydrogens is 330 g/mol. The van der Waals surface area contributed by atoms with E-state index >= 15 is 0 Å². The van der Waals surface area contributed by atoms with Gasteiger partial charge in [-0.15, -0.1) is 0 Å². The molecule has 27 heavy (non-hydrogen) atoms. The van der Waals surface area contributed by atoms with Crippen molar-refractivity contribution >= 4 is 32.6 Å². The van der Waals surface area contributed by atoms with E-state index in [0.29, 0.717) is 11.1 Å². The fourth-order valence-electron chi connectivity index (χ4n) is 3.87. The van der Waals surface area contributed by atoms with Crippen molar-refractivity contribution in [2.45, 2.75) is 0 Å². The number of nitrogens with zero attached hydrogens (tertiary/aromatic N) is 3. The minimum Gasteiger partial charge on any atom is -0.307 e. The summed E-state index contributed by atoms with van der Waals surface area (Å²) in [5.74, 6) is 0. The zero-order chi connectivity index (χ0) is 18.4. The highest BCUT2D eigenvalue weighted by atomic mass is 15.0. The van der Waals surface area contributed by atoms with Crippen molar-refractivity contribution in [2.24, 2.45) is 0 Å². The molecule has 5 rings (SSSR count). The summed E-state index contributed by atoms with van der Waals surface area (Å²) < 4.78 is 2.15. The van der Waals surface area contributed by atoms with Gasteiger partial charge >= 0.3 is 0 Å². The van der Waals surface area contributed by atoms with Crippen LogP contribution < -0.4 is 0 Å². The van der Waals surface area contributed by atoms with Crippen LogP contribution in [0.1, 0.15) is 11.1 Å². The van der Waals surface area contributed by atoms with Crippen LogP contribution in [0.3, 0.4) is 0 Å². The Balaban J connectivity index is 2.04. The number of para-hydroxylation sites is 1. The maximum Gasteiger partial charge on any atom is 0.101 e. The smallest absolute Gasteiger partial charge is 0.101 e. The van der Waals surface area contributed by atoms with Gasteiger partial charge < -0.3 is 4.57 Å². The Morgan fingerprint density at radius 1 is 0.667 bits per heavy atom. The molecule has 1 aromatic heterocycles. The van der Waals surface area contributed by atoms with Gasteiger partial charge in [0.25, 0.3) is 0 Å². The van der Waals surface area contributed by atoms with Crippen molar-refractivity contribution in [3.63, 3.8) is 0 Å². The van der Waals surface area contributed by atoms with E-state index in [4.69, 9.17) is 0 Å². The maximum atomic E-state index is 9.72. The molecule has 0 aliphatic carbocycles. The van der Waals surface area contributed by atoms with Crippen molar-refractivity contribution in [3.05, 3.63) is 90.0 Å². The highest BCUT2D eigenvalue weighted by molar-refractivity contribution is 6.18. The van der Waals surface area contributed by atoms with E-state index in [2.05, 4.69) is 53.1 Å². The molecule has 1 heterocycles. The minimum absolute atomic E-state index is 0.487. The lowest BCUT2D eigenvalue weighted by Gasteiger charge is -2.11. The summed E-state index contributed by atoms with van der Waals surface area (Å²) >= 11 is 0. The van der Waals surface area contributed by atoms with Crippen LogP contribution in [0.5, 0.6) is 0 Å². The molecule has 124 valence electrons. The molecule has 0 saturated carbocycles. The second kappa shape index (κ2) is 5.73. The maximum absolute atomic E-state index is 9.72. The molecule has 0 aliphatic rings. The number of hydrogen-bond acceptors (Lipinski definition) is 2. The average Bonchev–Trinajstić information content (AvgIpc) is 3.08. The Kier molecular flexibility index (Phi) is 3.22. The number of nitriles is 2. The van der Waals surface area contributed by atoms with E-state index in [9.17, 15) is 10.5 Å². The largest absolute Gasteiger partial charge is 0.307 e. The zero-order valence-corrected chi connectivity index (χ0v) is 14.3. The van der Waals surface area contributed by atoms with Crippen LogP contribution in [-0.2, 0) is 0 Å². The Labute approximate surface area is 155 Å². The molecule has 0 amide bonds. The molecule has 0 fully saturated rings. The van der Waals surface area contributed by atoms with E-state index in [1.807, 2.05) is 30.3 Å². The Bertz CT molecular complexity index is 1440. The minimum atomic E-state index is 0.487. The van der Waals surface area contributed by atoms with Crippen LogP contribution in [0.4, 0.5) is 0 Å². The summed E-state index contributed by atoms with van der Waals surface area (Å²) in [6.45, 7) is 0. The summed E-state index contributed by atoms with van der Waals surface area (Å²) in [6, 6.07) is 30.5. The van der Waals surface area contributed by atoms with Crippen LogP contribution in [0.2, 0.25) is 0 Å². The lowest BCUT2D eigenvalue weighted by atomic mass is 10.1. The van der Waals surface area contributed by atoms with E-state index in [0.717, 1.165) is 38.3 Å². The highest BCUT2D eigenvalue weighted by Gasteiger charge is 2.16. The summed E-state index contributed by atoms with van der Waals surface area (Å²) in [6.07, 6.45) is 0. The van der Waals surface area contributed by atoms with Crippen molar-refractivity contribution in [3.8, 4) is 17.8 Å². The van der Waals surface area contributed by atoms with Gasteiger partial charge in [0.1, 0.15) is 6.07 Å². The normalized spacial score (nSPS) is 10.9. The monoisotopic (exact) mass is 343 g/mol. The Morgan fingerprint density at radius 2 is 1.44 bits per heavy atom. The van der Waals surface area contributed by atoms with E-state index in [1.54, 1.807) is 12.1 Å². The van der Waals surface area contributed by atoms with E-state index < -0.39 is 0 Å². The van der Waals surface area contributed by atoms with Gasteiger partial charge in [-0.2, -0.15) is 10.5 Å². The van der Waals surface area contributed by atoms with Crippen molar-refractivity contribution < 1.29 is 0 Å². The van der Waals surface area contributed by atoms with Gasteiger partial charge in [-0.25, -0.2) is 0 Å². The third kappa shape index (κ3) is 2.13. The van der Waals surface area contributed by atoms with Crippen LogP contribution in [0.15, 0.2) is 78.9 Å². The van der Waals surface area contributed by atoms with Gasteiger partial charge in [-0.1, -0.05) is 54.6 Å². The summed E-state index contributed by atoms with van der Waals surface area (Å²) in [4.78, 5) is 0. The second-order valence-electron chi connectivity index (χ2n) is 6.49. The lowest BCUT2D eigenvalue weighted by molar-refractivity contribution is 1.17. The number of aromatic nitrogens is 1. The summed E-state index contributed by atoms with van der Waals surface area (Å²) in [7, 11) is 0. The van der Waals surface area contributed by atoms with Crippen LogP contribution in [0.25, 0.3) is 38.3 Å². The van der Waals surface area contributed by atoms with Crippen molar-refractivity contribution in [2.75, 3.05) is 0 Å². The number of fused-ring (bicyclic) bond motifs is 5. The molecule has 0 saturated heterocycles. The first-order valence-corrected chi connectivity index (χ1v) is 8.67. The molecule has 0 radical (unpaired) electrons. The van der Waals surface area contributed by atoms with Gasteiger partial charge in [0, 0.05) is 16.2 Å². The highest BCUT2D eigenvalue weighted by Crippen LogP contribution is 2.37. The van der Waals surface area contributed by atoms with Crippen LogP contribution in [0, 0.1) is 22.7 Å². The first-order valence-electron chi connectivity index (χ1n) is 8.67. The number of hydrogen-bond donors (Lipinski definition) is 0. The predicted molar refractivity (Wildman–Crippen MR) is 108 cm³/mol. The Hall–Kier alpha value is -4.08. The molecule has 0 N–H and O–H groups in total. The van der Waals surface area contributed by atoms with Gasteiger partial charge in [0.15, 0.2) is 0 Å². The standard InChI is InChI=1S/C24H13N3/c25-14-16-9-12-22(18(13-16)15-26)27-23-8-4-3-7-20(23)21-11-10-17-5-1-2-6-19(17)24(21)27/h1-13H. The molecule has 0 bridgehead atoms. The molecule has 0 atom stereocenters. The molecule has 3 heteroatoms. The van der Waals surface area contributed by atoms with Crippen LogP contribution in [-0.4, -0.2) is 4.57 Å². The third-order valence-electron chi connectivity index (χ3n) is 5.05. The molecule has 4 aromatic carbocycles. The molecule has 0 spiro atoms. The molecule has 3 nitrogen and oxygen atoms in total. The first-order chi connectivity index (χ1) is 13.3. The second-order valence-corrected chi connectivity index (χ2v) is 6.49. The SMILES string of the molecule is N#Cc1ccc(-n2c3ccccc3c3ccc4ccccc4c32)c(C#N)c1. The lowest BCUT2D eigenvalue weighted by Crippen LogP contribution is -1.98. The van der Waals surface area contributed by atoms with Gasteiger partial charge in [-0.3, -0.25) is 0 Å². The predicted octanol–water partition coefficient (Wildman–Crippen LogP) is 5.68. The zero-order valence-electron chi connectivity index (χ0n) is 14.3. The van der Waals surface area contributed by atoms with E-state index in [1.165, 1.54) is 0 Å². The van der Waals surface area contributed by atoms with Gasteiger partial charge in [-0.05, 0) is 29.7 Å². The fourth-order valence-corrected chi connectivity index (χ4v) is 3.87. The Morgan fingerprint density at radius 3 is 2.26 bits per heavy atom. The number of benzene rings is 4. The first kappa shape index (κ1) is 15.2. The molecule has 0 aliphatic heterocycles. The third-order valence-corrected chi connectivity index (χ3v) is 5.05. The molecule has 0 unspecified atom stereocenters. The van der Waals surface area contributed by atoms with Gasteiger partial charge in [0.2, 0.25) is 0 Å². The molecule has 5 aromatic rings. The van der Waals surface area contributed by atoms with Crippen molar-refractivity contribution in [1.29, 1.82) is 10.5 Å². The number of rotatable bonds is 1. The average molecular weight is 343 g/mol. The quantitative estimate of drug-likeness (QED) is 0.393. The van der Waals surface area contributed by atoms with Crippen molar-refractivity contribution in [1.82, 2.24) is 4.57 Å².